The van der Waals surface area contributed by atoms with Crippen molar-refractivity contribution < 1.29 is 23.4 Å². The van der Waals surface area contributed by atoms with E-state index in [2.05, 4.69) is 0 Å². The Kier molecular flexibility index (Phi) is 4.42. The minimum absolute atomic E-state index is 0.200. The second-order valence-electron chi connectivity index (χ2n) is 5.00. The van der Waals surface area contributed by atoms with Crippen molar-refractivity contribution in [1.29, 1.82) is 0 Å². The highest BCUT2D eigenvalue weighted by atomic mass is 32.2. The summed E-state index contributed by atoms with van der Waals surface area (Å²) >= 11 is 0. The third-order valence-electron chi connectivity index (χ3n) is 3.33. The highest BCUT2D eigenvalue weighted by Crippen LogP contribution is 2.20. The summed E-state index contributed by atoms with van der Waals surface area (Å²) in [6.07, 6.45) is -1.04. The molecule has 0 aromatic heterocycles. The van der Waals surface area contributed by atoms with E-state index in [0.29, 0.717) is 6.54 Å². The molecule has 6 nitrogen and oxygen atoms in total. The monoisotopic (exact) mass is 299 g/mol. The third kappa shape index (κ3) is 3.78. The van der Waals surface area contributed by atoms with E-state index in [1.54, 1.807) is 0 Å². The Hall–Kier alpha value is -1.44. The van der Waals surface area contributed by atoms with E-state index in [1.165, 1.54) is 4.90 Å². The van der Waals surface area contributed by atoms with E-state index in [0.717, 1.165) is 5.56 Å². The van der Waals surface area contributed by atoms with E-state index in [-0.39, 0.29) is 18.1 Å². The predicted octanol–water partition coefficient (Wildman–Crippen LogP) is -0.269. The molecule has 0 radical (unpaired) electrons. The van der Waals surface area contributed by atoms with Crippen molar-refractivity contribution in [3.63, 3.8) is 0 Å². The van der Waals surface area contributed by atoms with Crippen LogP contribution >= 0.6 is 0 Å². The van der Waals surface area contributed by atoms with Crippen molar-refractivity contribution in [3.8, 4) is 0 Å². The van der Waals surface area contributed by atoms with Crippen LogP contribution in [0.25, 0.3) is 0 Å². The molecule has 0 unspecified atom stereocenters. The van der Waals surface area contributed by atoms with Gasteiger partial charge in [0.05, 0.1) is 30.2 Å². The van der Waals surface area contributed by atoms with E-state index in [4.69, 9.17) is 5.11 Å². The van der Waals surface area contributed by atoms with Crippen LogP contribution < -0.4 is 0 Å². The first kappa shape index (κ1) is 15.0. The number of hydrogen-bond acceptors (Lipinski definition) is 5. The normalized spacial score (nSPS) is 24.9. The maximum absolute atomic E-state index is 11.6. The third-order valence-corrected chi connectivity index (χ3v) is 5.03. The number of nitrogens with zero attached hydrogens (tertiary/aromatic N) is 1. The number of benzene rings is 1. The molecular formula is C13H17NO5S. The summed E-state index contributed by atoms with van der Waals surface area (Å²) in [6.45, 7) is -0.00344. The van der Waals surface area contributed by atoms with Crippen LogP contribution in [0.3, 0.4) is 0 Å². The molecule has 110 valence electrons. The molecule has 0 saturated carbocycles. The Morgan fingerprint density at radius 2 is 1.90 bits per heavy atom. The van der Waals surface area contributed by atoms with Gasteiger partial charge in [0.25, 0.3) is 0 Å². The number of aliphatic carboxylic acids is 1. The molecule has 7 heteroatoms. The number of rotatable bonds is 5. The van der Waals surface area contributed by atoms with Gasteiger partial charge in [-0.2, -0.15) is 0 Å². The van der Waals surface area contributed by atoms with Gasteiger partial charge in [0.15, 0.2) is 9.84 Å². The summed E-state index contributed by atoms with van der Waals surface area (Å²) in [6, 6.07) is 8.51. The summed E-state index contributed by atoms with van der Waals surface area (Å²) in [7, 11) is -3.30. The second-order valence-corrected chi connectivity index (χ2v) is 7.15. The summed E-state index contributed by atoms with van der Waals surface area (Å²) in [5.41, 5.74) is 0.880. The maximum atomic E-state index is 11.6. The van der Waals surface area contributed by atoms with Crippen LogP contribution in [-0.2, 0) is 21.2 Å². The number of carbonyl (C=O) groups is 1. The van der Waals surface area contributed by atoms with Gasteiger partial charge in [0.2, 0.25) is 0 Å². The SMILES string of the molecule is O=C(O)CN(Cc1ccccc1)[C@H]1CS(=O)(=O)C[C@@H]1O. The molecule has 1 aliphatic heterocycles. The Balaban J connectivity index is 2.18. The van der Waals surface area contributed by atoms with Gasteiger partial charge in [-0.3, -0.25) is 9.69 Å². The van der Waals surface area contributed by atoms with Crippen molar-refractivity contribution in [2.24, 2.45) is 0 Å². The average molecular weight is 299 g/mol. The van der Waals surface area contributed by atoms with Crippen molar-refractivity contribution in [3.05, 3.63) is 35.9 Å². The van der Waals surface area contributed by atoms with Crippen LogP contribution in [0.5, 0.6) is 0 Å². The fraction of sp³-hybridized carbons (Fsp3) is 0.462. The topological polar surface area (TPSA) is 94.9 Å². The standard InChI is InChI=1S/C13H17NO5S/c15-12-9-20(18,19)8-11(12)14(7-13(16)17)6-10-4-2-1-3-5-10/h1-5,11-12,15H,6-9H2,(H,16,17)/t11-,12-/m0/s1. The van der Waals surface area contributed by atoms with Crippen LogP contribution in [0.2, 0.25) is 0 Å². The smallest absolute Gasteiger partial charge is 0.317 e. The molecule has 0 spiro atoms. The molecule has 1 saturated heterocycles. The summed E-state index contributed by atoms with van der Waals surface area (Å²) in [4.78, 5) is 12.5. The van der Waals surface area contributed by atoms with Gasteiger partial charge >= 0.3 is 5.97 Å². The molecule has 2 N–H and O–H groups in total. The number of aliphatic hydroxyl groups is 1. The van der Waals surface area contributed by atoms with E-state index < -0.39 is 28.0 Å². The van der Waals surface area contributed by atoms with Crippen molar-refractivity contribution in [2.45, 2.75) is 18.7 Å². The largest absolute Gasteiger partial charge is 0.480 e. The quantitative estimate of drug-likeness (QED) is 0.777. The number of carboxylic acids is 1. The number of hydrogen-bond donors (Lipinski definition) is 2. The van der Waals surface area contributed by atoms with E-state index in [1.807, 2.05) is 30.3 Å². The van der Waals surface area contributed by atoms with Crippen molar-refractivity contribution in [2.75, 3.05) is 18.1 Å². The summed E-state index contributed by atoms with van der Waals surface area (Å²) in [5.74, 6) is -1.55. The lowest BCUT2D eigenvalue weighted by Crippen LogP contribution is -2.45. The molecule has 0 bridgehead atoms. The first-order chi connectivity index (χ1) is 9.37. The molecule has 2 rings (SSSR count). The predicted molar refractivity (Wildman–Crippen MR) is 72.9 cm³/mol. The molecule has 0 aliphatic carbocycles. The van der Waals surface area contributed by atoms with Gasteiger partial charge in [0, 0.05) is 6.54 Å². The average Bonchev–Trinajstić information content (AvgIpc) is 2.63. The van der Waals surface area contributed by atoms with Crippen LogP contribution in [0.4, 0.5) is 0 Å². The number of sulfone groups is 1. The van der Waals surface area contributed by atoms with Gasteiger partial charge in [-0.25, -0.2) is 8.42 Å². The molecule has 1 aliphatic rings. The Morgan fingerprint density at radius 1 is 1.25 bits per heavy atom. The van der Waals surface area contributed by atoms with Gasteiger partial charge in [0.1, 0.15) is 0 Å². The van der Waals surface area contributed by atoms with Gasteiger partial charge in [-0.15, -0.1) is 0 Å². The zero-order chi connectivity index (χ0) is 14.8. The van der Waals surface area contributed by atoms with Crippen molar-refractivity contribution >= 4 is 15.8 Å². The molecule has 1 heterocycles. The summed E-state index contributed by atoms with van der Waals surface area (Å²) in [5, 5.41) is 18.8. The van der Waals surface area contributed by atoms with E-state index in [9.17, 15) is 18.3 Å². The minimum Gasteiger partial charge on any atom is -0.480 e. The van der Waals surface area contributed by atoms with Gasteiger partial charge < -0.3 is 10.2 Å². The molecular weight excluding hydrogens is 282 g/mol. The van der Waals surface area contributed by atoms with Gasteiger partial charge in [-0.1, -0.05) is 30.3 Å². The Labute approximate surface area is 117 Å². The molecule has 20 heavy (non-hydrogen) atoms. The zero-order valence-electron chi connectivity index (χ0n) is 10.8. The molecule has 2 atom stereocenters. The first-order valence-corrected chi connectivity index (χ1v) is 8.08. The molecule has 1 aromatic rings. The lowest BCUT2D eigenvalue weighted by atomic mass is 10.1. The second kappa shape index (κ2) is 5.90. The first-order valence-electron chi connectivity index (χ1n) is 6.25. The van der Waals surface area contributed by atoms with Crippen LogP contribution in [0.15, 0.2) is 30.3 Å². The van der Waals surface area contributed by atoms with Crippen molar-refractivity contribution in [1.82, 2.24) is 4.90 Å². The lowest BCUT2D eigenvalue weighted by Gasteiger charge is -2.28. The maximum Gasteiger partial charge on any atom is 0.317 e. The molecule has 0 amide bonds. The Morgan fingerprint density at radius 3 is 2.40 bits per heavy atom. The van der Waals surface area contributed by atoms with Crippen LogP contribution in [0, 0.1) is 0 Å². The summed E-state index contributed by atoms with van der Waals surface area (Å²) < 4.78 is 23.1. The van der Waals surface area contributed by atoms with Gasteiger partial charge in [-0.05, 0) is 5.56 Å². The highest BCUT2D eigenvalue weighted by Gasteiger charge is 2.40. The minimum atomic E-state index is -3.30. The molecule has 1 fully saturated rings. The Bertz CT molecular complexity index is 572. The van der Waals surface area contributed by atoms with E-state index >= 15 is 0 Å². The van der Waals surface area contributed by atoms with Crippen LogP contribution in [-0.4, -0.2) is 59.7 Å². The zero-order valence-corrected chi connectivity index (χ0v) is 11.7. The fourth-order valence-electron chi connectivity index (χ4n) is 2.44. The fourth-order valence-corrected chi connectivity index (χ4v) is 4.27. The number of aliphatic hydroxyl groups excluding tert-OH is 1. The van der Waals surface area contributed by atoms with Crippen LogP contribution in [0.1, 0.15) is 5.56 Å². The molecule has 1 aromatic carbocycles. The lowest BCUT2D eigenvalue weighted by molar-refractivity contribution is -0.139. The number of carboxylic acid groups (broad SMARTS) is 1. The highest BCUT2D eigenvalue weighted by molar-refractivity contribution is 7.91.